The van der Waals surface area contributed by atoms with Gasteiger partial charge in [0.2, 0.25) is 0 Å². The zero-order valence-electron chi connectivity index (χ0n) is 19.2. The lowest BCUT2D eigenvalue weighted by atomic mass is 9.76. The third-order valence-corrected chi connectivity index (χ3v) is 6.40. The number of H-pyrrole nitrogens is 1. The van der Waals surface area contributed by atoms with Crippen molar-refractivity contribution in [1.29, 1.82) is 0 Å². The van der Waals surface area contributed by atoms with Gasteiger partial charge in [-0.25, -0.2) is 9.78 Å². The van der Waals surface area contributed by atoms with E-state index in [0.29, 0.717) is 27.6 Å². The molecule has 0 spiro atoms. The fourth-order valence-electron chi connectivity index (χ4n) is 3.52. The zero-order valence-corrected chi connectivity index (χ0v) is 20.0. The lowest BCUT2D eigenvalue weighted by molar-refractivity contribution is -0.137. The number of rotatable bonds is 8. The van der Waals surface area contributed by atoms with Crippen molar-refractivity contribution in [2.24, 2.45) is 0 Å². The van der Waals surface area contributed by atoms with E-state index in [-0.39, 0.29) is 12.4 Å². The number of hydrogen-bond donors (Lipinski definition) is 1. The third-order valence-electron chi connectivity index (χ3n) is 5.28. The molecular weight excluding hydrogens is 481 g/mol. The van der Waals surface area contributed by atoms with Gasteiger partial charge >= 0.3 is 11.9 Å². The summed E-state index contributed by atoms with van der Waals surface area (Å²) >= 11 is 1.39. The maximum Gasteiger partial charge on any atom is 0.439 e. The van der Waals surface area contributed by atoms with Crippen LogP contribution in [0.5, 0.6) is 11.5 Å². The first kappa shape index (κ1) is 24.6. The van der Waals surface area contributed by atoms with E-state index in [1.54, 1.807) is 12.1 Å². The Kier molecular flexibility index (Phi) is 7.06. The van der Waals surface area contributed by atoms with Crippen molar-refractivity contribution in [1.82, 2.24) is 15.1 Å². The predicted molar refractivity (Wildman–Crippen MR) is 131 cm³/mol. The highest BCUT2D eigenvalue weighted by molar-refractivity contribution is 7.15. The largest absolute Gasteiger partial charge is 0.496 e. The summed E-state index contributed by atoms with van der Waals surface area (Å²) in [5.41, 5.74) is 2.12. The minimum Gasteiger partial charge on any atom is -0.496 e. The molecule has 2 aromatic heterocycles. The molecule has 35 heavy (non-hydrogen) atoms. The molecule has 0 fully saturated rings. The summed E-state index contributed by atoms with van der Waals surface area (Å²) in [5, 5.41) is 4.35. The second-order valence-corrected chi connectivity index (χ2v) is 8.85. The Bertz CT molecular complexity index is 1380. The number of thiazole rings is 1. The number of nitrogens with one attached hydrogen (secondary N) is 1. The summed E-state index contributed by atoms with van der Waals surface area (Å²) in [6.07, 6.45) is -3.66. The molecule has 0 saturated carbocycles. The Morgan fingerprint density at radius 3 is 2.54 bits per heavy atom. The summed E-state index contributed by atoms with van der Waals surface area (Å²) in [6, 6.07) is 8.47. The molecule has 0 saturated heterocycles. The first-order valence-electron chi connectivity index (χ1n) is 10.7. The SMILES string of the molecule is Bc1cc(-c2noc(=O)[nH]2)c(OC)cc1OCc1sc(-c2ccc(C(F)(F)F)cc2)nc1CBC. The maximum atomic E-state index is 12.9. The highest BCUT2D eigenvalue weighted by Crippen LogP contribution is 2.34. The van der Waals surface area contributed by atoms with E-state index in [2.05, 4.69) is 19.6 Å². The van der Waals surface area contributed by atoms with E-state index in [9.17, 15) is 18.0 Å². The van der Waals surface area contributed by atoms with Crippen molar-refractivity contribution in [2.75, 3.05) is 7.11 Å². The predicted octanol–water partition coefficient (Wildman–Crippen LogP) is 3.00. The van der Waals surface area contributed by atoms with Crippen LogP contribution in [0.25, 0.3) is 22.0 Å². The molecule has 13 heteroatoms. The van der Waals surface area contributed by atoms with Crippen LogP contribution < -0.4 is 20.7 Å². The van der Waals surface area contributed by atoms with Crippen LogP contribution in [0.4, 0.5) is 13.2 Å². The van der Waals surface area contributed by atoms with Crippen molar-refractivity contribution >= 4 is 31.9 Å². The highest BCUT2D eigenvalue weighted by atomic mass is 32.1. The molecule has 0 aliphatic carbocycles. The second kappa shape index (κ2) is 10.0. The van der Waals surface area contributed by atoms with Crippen LogP contribution in [0.15, 0.2) is 45.7 Å². The standard InChI is InChI=1S/C22H20B2F3N3O4S/c1-24-9-15-18(35-20(28-15)11-3-5-12(6-4-11)22(25,26)27)10-33-17-8-16(32-2)13(7-14(17)23)19-29-21(31)34-30-19/h3-8,24H,9-10,23H2,1-2H3,(H,29,30,31). The average molecular weight is 501 g/mol. The van der Waals surface area contributed by atoms with E-state index in [0.717, 1.165) is 41.8 Å². The molecule has 0 radical (unpaired) electrons. The van der Waals surface area contributed by atoms with Gasteiger partial charge in [-0.3, -0.25) is 9.51 Å². The van der Waals surface area contributed by atoms with Gasteiger partial charge in [0, 0.05) is 11.6 Å². The van der Waals surface area contributed by atoms with Crippen LogP contribution in [-0.2, 0) is 19.1 Å². The number of ether oxygens (including phenoxy) is 2. The van der Waals surface area contributed by atoms with E-state index < -0.39 is 17.5 Å². The Morgan fingerprint density at radius 2 is 1.94 bits per heavy atom. The molecule has 0 amide bonds. The van der Waals surface area contributed by atoms with E-state index >= 15 is 0 Å². The van der Waals surface area contributed by atoms with Crippen molar-refractivity contribution in [2.45, 2.75) is 25.9 Å². The molecule has 1 N–H and O–H groups in total. The monoisotopic (exact) mass is 501 g/mol. The van der Waals surface area contributed by atoms with Gasteiger partial charge in [-0.1, -0.05) is 30.2 Å². The summed E-state index contributed by atoms with van der Waals surface area (Å²) in [6.45, 7) is 2.27. The van der Waals surface area contributed by atoms with E-state index in [4.69, 9.17) is 9.47 Å². The summed E-state index contributed by atoms with van der Waals surface area (Å²) < 4.78 is 54.8. The van der Waals surface area contributed by atoms with Gasteiger partial charge in [0.05, 0.1) is 28.8 Å². The van der Waals surface area contributed by atoms with Gasteiger partial charge in [-0.15, -0.1) is 11.3 Å². The number of hydrogen-bond acceptors (Lipinski definition) is 7. The van der Waals surface area contributed by atoms with Gasteiger partial charge in [0.15, 0.2) is 5.82 Å². The lowest BCUT2D eigenvalue weighted by Gasteiger charge is -2.13. The van der Waals surface area contributed by atoms with Crippen molar-refractivity contribution in [3.63, 3.8) is 0 Å². The van der Waals surface area contributed by atoms with Gasteiger partial charge in [0.25, 0.3) is 0 Å². The molecule has 4 aromatic rings. The molecular formula is C22H20B2F3N3O4S. The minimum absolute atomic E-state index is 0.234. The van der Waals surface area contributed by atoms with Crippen molar-refractivity contribution in [3.8, 4) is 33.5 Å². The molecule has 0 aliphatic rings. The molecule has 180 valence electrons. The molecule has 7 nitrogen and oxygen atoms in total. The Hall–Kier alpha value is -3.47. The zero-order chi connectivity index (χ0) is 25.2. The number of methoxy groups -OCH3 is 1. The molecule has 0 unspecified atom stereocenters. The van der Waals surface area contributed by atoms with Gasteiger partial charge < -0.3 is 9.47 Å². The van der Waals surface area contributed by atoms with Crippen LogP contribution in [-0.4, -0.2) is 37.4 Å². The van der Waals surface area contributed by atoms with E-state index in [1.165, 1.54) is 30.6 Å². The van der Waals surface area contributed by atoms with Crippen LogP contribution in [0.3, 0.4) is 0 Å². The van der Waals surface area contributed by atoms with Gasteiger partial charge in [0.1, 0.15) is 38.2 Å². The van der Waals surface area contributed by atoms with Crippen LogP contribution in [0, 0.1) is 0 Å². The van der Waals surface area contributed by atoms with Gasteiger partial charge in [-0.2, -0.15) is 13.2 Å². The molecule has 2 heterocycles. The van der Waals surface area contributed by atoms with Crippen molar-refractivity contribution in [3.05, 3.63) is 63.1 Å². The number of alkyl halides is 3. The highest BCUT2D eigenvalue weighted by Gasteiger charge is 2.30. The summed E-state index contributed by atoms with van der Waals surface area (Å²) in [5.74, 6) is 0.593. The van der Waals surface area contributed by atoms with Crippen LogP contribution in [0.2, 0.25) is 6.82 Å². The number of nitrogens with zero attached hydrogens (tertiary/aromatic N) is 2. The first-order valence-corrected chi connectivity index (χ1v) is 11.5. The molecule has 0 aliphatic heterocycles. The number of aromatic nitrogens is 3. The van der Waals surface area contributed by atoms with Crippen LogP contribution >= 0.6 is 11.3 Å². The smallest absolute Gasteiger partial charge is 0.439 e. The fraction of sp³-hybridized carbons (Fsp3) is 0.227. The quantitative estimate of drug-likeness (QED) is 0.374. The molecule has 2 aromatic carbocycles. The minimum atomic E-state index is -4.38. The first-order chi connectivity index (χ1) is 16.7. The topological polar surface area (TPSA) is 90.2 Å². The molecule has 4 rings (SSSR count). The Labute approximate surface area is 203 Å². The van der Waals surface area contributed by atoms with E-state index in [1.807, 2.05) is 14.7 Å². The second-order valence-electron chi connectivity index (χ2n) is 7.76. The lowest BCUT2D eigenvalue weighted by Crippen LogP contribution is -2.11. The number of benzene rings is 2. The molecule has 0 bridgehead atoms. The van der Waals surface area contributed by atoms with Gasteiger partial charge in [-0.05, 0) is 23.9 Å². The fourth-order valence-corrected chi connectivity index (χ4v) is 4.55. The summed E-state index contributed by atoms with van der Waals surface area (Å²) in [7, 11) is 4.21. The Balaban J connectivity index is 1.58. The van der Waals surface area contributed by atoms with Crippen molar-refractivity contribution < 1.29 is 27.2 Å². The van der Waals surface area contributed by atoms with Crippen LogP contribution in [0.1, 0.15) is 16.1 Å². The molecule has 0 atom stereocenters. The third kappa shape index (κ3) is 5.45. The number of halogens is 3. The maximum absolute atomic E-state index is 12.9. The normalized spacial score (nSPS) is 11.5. The summed E-state index contributed by atoms with van der Waals surface area (Å²) in [4.78, 5) is 19.4. The average Bonchev–Trinajstić information content (AvgIpc) is 3.44. The number of aromatic amines is 1. The Morgan fingerprint density at radius 1 is 1.20 bits per heavy atom.